The molecule has 0 heterocycles. The first-order chi connectivity index (χ1) is 14.9. The van der Waals surface area contributed by atoms with Gasteiger partial charge in [-0.15, -0.1) is 0 Å². The fourth-order valence-electron chi connectivity index (χ4n) is 3.22. The number of rotatable bonds is 7. The summed E-state index contributed by atoms with van der Waals surface area (Å²) in [5, 5.41) is 2.82. The molecule has 3 aromatic carbocycles. The quantitative estimate of drug-likeness (QED) is 0.563. The molecule has 160 valence electrons. The second-order valence-corrected chi connectivity index (χ2v) is 6.83. The van der Waals surface area contributed by atoms with Crippen LogP contribution in [0.25, 0.3) is 11.1 Å². The van der Waals surface area contributed by atoms with Gasteiger partial charge in [-0.3, -0.25) is 9.59 Å². The summed E-state index contributed by atoms with van der Waals surface area (Å²) in [6, 6.07) is 16.4. The predicted octanol–water partition coefficient (Wildman–Crippen LogP) is 3.93. The third-order valence-corrected chi connectivity index (χ3v) is 4.79. The van der Waals surface area contributed by atoms with Crippen LogP contribution in [-0.4, -0.2) is 26.1 Å². The summed E-state index contributed by atoms with van der Waals surface area (Å²) in [4.78, 5) is 24.6. The number of methoxy groups -OCH3 is 2. The Hall–Kier alpha value is -3.71. The van der Waals surface area contributed by atoms with E-state index in [1.807, 2.05) is 0 Å². The van der Waals surface area contributed by atoms with E-state index in [2.05, 4.69) is 5.32 Å². The van der Waals surface area contributed by atoms with Crippen molar-refractivity contribution in [3.8, 4) is 16.9 Å². The highest BCUT2D eigenvalue weighted by atomic mass is 19.1. The van der Waals surface area contributed by atoms with E-state index in [-0.39, 0.29) is 18.9 Å². The molecular formula is C24H23FN2O4. The summed E-state index contributed by atoms with van der Waals surface area (Å²) in [5.41, 5.74) is 8.90. The Kier molecular flexibility index (Phi) is 6.99. The molecule has 3 N–H and O–H groups in total. The molecule has 0 aliphatic carbocycles. The number of ether oxygens (including phenoxy) is 2. The lowest BCUT2D eigenvalue weighted by Gasteiger charge is -2.14. The van der Waals surface area contributed by atoms with Gasteiger partial charge in [0.15, 0.2) is 0 Å². The molecule has 0 unspecified atom stereocenters. The first-order valence-corrected chi connectivity index (χ1v) is 9.59. The van der Waals surface area contributed by atoms with Crippen molar-refractivity contribution in [3.63, 3.8) is 0 Å². The Morgan fingerprint density at radius 3 is 2.52 bits per heavy atom. The number of amides is 1. The standard InChI is InChI=1S/C24H23FN2O4/c1-30-22-8-7-17(12-20(22)18-9-15(14-26)10-19(25)11-18)24(29)27-21-6-4-3-5-16(21)13-23(28)31-2/h3-12H,13-14,26H2,1-2H3,(H,27,29). The van der Waals surface area contributed by atoms with Gasteiger partial charge in [-0.05, 0) is 59.2 Å². The maximum atomic E-state index is 14.0. The van der Waals surface area contributed by atoms with E-state index in [4.69, 9.17) is 15.2 Å². The zero-order valence-corrected chi connectivity index (χ0v) is 17.3. The number of hydrogen-bond acceptors (Lipinski definition) is 5. The van der Waals surface area contributed by atoms with Gasteiger partial charge in [0.25, 0.3) is 5.91 Å². The van der Waals surface area contributed by atoms with E-state index < -0.39 is 11.8 Å². The van der Waals surface area contributed by atoms with E-state index in [1.54, 1.807) is 48.5 Å². The molecule has 0 aromatic heterocycles. The average molecular weight is 422 g/mol. The minimum Gasteiger partial charge on any atom is -0.496 e. The number of carbonyl (C=O) groups is 2. The lowest BCUT2D eigenvalue weighted by atomic mass is 9.99. The fraction of sp³-hybridized carbons (Fsp3) is 0.167. The smallest absolute Gasteiger partial charge is 0.310 e. The van der Waals surface area contributed by atoms with Crippen molar-refractivity contribution in [2.75, 3.05) is 19.5 Å². The van der Waals surface area contributed by atoms with Crippen LogP contribution in [0.1, 0.15) is 21.5 Å². The van der Waals surface area contributed by atoms with Gasteiger partial charge in [0.2, 0.25) is 0 Å². The highest BCUT2D eigenvalue weighted by Gasteiger charge is 2.15. The monoisotopic (exact) mass is 422 g/mol. The average Bonchev–Trinajstić information content (AvgIpc) is 2.79. The lowest BCUT2D eigenvalue weighted by Crippen LogP contribution is -2.15. The molecule has 6 nitrogen and oxygen atoms in total. The van der Waals surface area contributed by atoms with E-state index in [0.29, 0.717) is 39.3 Å². The predicted molar refractivity (Wildman–Crippen MR) is 116 cm³/mol. The number of carbonyl (C=O) groups excluding carboxylic acids is 2. The van der Waals surface area contributed by atoms with Gasteiger partial charge >= 0.3 is 5.97 Å². The van der Waals surface area contributed by atoms with Crippen LogP contribution in [0.3, 0.4) is 0 Å². The number of nitrogens with one attached hydrogen (secondary N) is 1. The zero-order valence-electron chi connectivity index (χ0n) is 17.3. The largest absolute Gasteiger partial charge is 0.496 e. The molecule has 3 aromatic rings. The maximum Gasteiger partial charge on any atom is 0.310 e. The van der Waals surface area contributed by atoms with Gasteiger partial charge < -0.3 is 20.5 Å². The Bertz CT molecular complexity index is 1110. The number of halogens is 1. The third-order valence-electron chi connectivity index (χ3n) is 4.79. The summed E-state index contributed by atoms with van der Waals surface area (Å²) in [7, 11) is 2.82. The molecule has 0 aliphatic rings. The molecule has 0 aliphatic heterocycles. The molecule has 0 radical (unpaired) electrons. The van der Waals surface area contributed by atoms with Gasteiger partial charge in [0.05, 0.1) is 20.6 Å². The Morgan fingerprint density at radius 1 is 1.03 bits per heavy atom. The van der Waals surface area contributed by atoms with Gasteiger partial charge in [-0.2, -0.15) is 0 Å². The van der Waals surface area contributed by atoms with Crippen LogP contribution in [0.15, 0.2) is 60.7 Å². The number of benzene rings is 3. The second kappa shape index (κ2) is 9.86. The first-order valence-electron chi connectivity index (χ1n) is 9.59. The Labute approximate surface area is 179 Å². The number of para-hydroxylation sites is 1. The maximum absolute atomic E-state index is 14.0. The summed E-state index contributed by atoms with van der Waals surface area (Å²) >= 11 is 0. The van der Waals surface area contributed by atoms with Gasteiger partial charge in [-0.1, -0.05) is 18.2 Å². The van der Waals surface area contributed by atoms with Crippen molar-refractivity contribution < 1.29 is 23.5 Å². The molecule has 31 heavy (non-hydrogen) atoms. The van der Waals surface area contributed by atoms with Gasteiger partial charge in [-0.25, -0.2) is 4.39 Å². The normalized spacial score (nSPS) is 10.5. The SMILES string of the molecule is COC(=O)Cc1ccccc1NC(=O)c1ccc(OC)c(-c2cc(F)cc(CN)c2)c1. The van der Waals surface area contributed by atoms with E-state index in [9.17, 15) is 14.0 Å². The van der Waals surface area contributed by atoms with E-state index in [0.717, 1.165) is 0 Å². The molecule has 0 bridgehead atoms. The Morgan fingerprint density at radius 2 is 1.81 bits per heavy atom. The molecule has 0 atom stereocenters. The second-order valence-electron chi connectivity index (χ2n) is 6.83. The van der Waals surface area contributed by atoms with Crippen molar-refractivity contribution in [2.45, 2.75) is 13.0 Å². The number of hydrogen-bond donors (Lipinski definition) is 2. The highest BCUT2D eigenvalue weighted by molar-refractivity contribution is 6.05. The zero-order chi connectivity index (χ0) is 22.4. The van der Waals surface area contributed by atoms with Crippen LogP contribution < -0.4 is 15.8 Å². The van der Waals surface area contributed by atoms with Gasteiger partial charge in [0.1, 0.15) is 11.6 Å². The Balaban J connectivity index is 1.95. The topological polar surface area (TPSA) is 90.6 Å². The lowest BCUT2D eigenvalue weighted by molar-refractivity contribution is -0.139. The summed E-state index contributed by atoms with van der Waals surface area (Å²) in [6.07, 6.45) is 0.0337. The molecular weight excluding hydrogens is 399 g/mol. The number of anilines is 1. The summed E-state index contributed by atoms with van der Waals surface area (Å²) < 4.78 is 24.2. The molecule has 7 heteroatoms. The van der Waals surface area contributed by atoms with Crippen molar-refractivity contribution in [2.24, 2.45) is 5.73 Å². The van der Waals surface area contributed by atoms with Crippen LogP contribution in [0, 0.1) is 5.82 Å². The molecule has 0 fully saturated rings. The fourth-order valence-corrected chi connectivity index (χ4v) is 3.22. The van der Waals surface area contributed by atoms with Gasteiger partial charge in [0, 0.05) is 23.4 Å². The van der Waals surface area contributed by atoms with Crippen molar-refractivity contribution in [1.82, 2.24) is 0 Å². The molecule has 0 spiro atoms. The van der Waals surface area contributed by atoms with Crippen molar-refractivity contribution in [3.05, 3.63) is 83.2 Å². The molecule has 0 saturated heterocycles. The number of nitrogens with two attached hydrogens (primary N) is 1. The summed E-state index contributed by atoms with van der Waals surface area (Å²) in [6.45, 7) is 0.185. The van der Waals surface area contributed by atoms with Crippen LogP contribution >= 0.6 is 0 Å². The minimum absolute atomic E-state index is 0.0337. The van der Waals surface area contributed by atoms with Crippen LogP contribution in [-0.2, 0) is 22.5 Å². The number of esters is 1. The molecule has 3 rings (SSSR count). The van der Waals surface area contributed by atoms with E-state index in [1.165, 1.54) is 26.4 Å². The van der Waals surface area contributed by atoms with Crippen LogP contribution in [0.2, 0.25) is 0 Å². The van der Waals surface area contributed by atoms with E-state index >= 15 is 0 Å². The van der Waals surface area contributed by atoms with Crippen molar-refractivity contribution in [1.29, 1.82) is 0 Å². The summed E-state index contributed by atoms with van der Waals surface area (Å²) in [5.74, 6) is -0.713. The third kappa shape index (κ3) is 5.26. The minimum atomic E-state index is -0.424. The van der Waals surface area contributed by atoms with Crippen LogP contribution in [0.5, 0.6) is 5.75 Å². The first kappa shape index (κ1) is 22.0. The molecule has 0 saturated carbocycles. The highest BCUT2D eigenvalue weighted by Crippen LogP contribution is 2.32. The van der Waals surface area contributed by atoms with Crippen molar-refractivity contribution >= 4 is 17.6 Å². The van der Waals surface area contributed by atoms with Crippen LogP contribution in [0.4, 0.5) is 10.1 Å². The molecule has 1 amide bonds.